The molecule has 5 rings (SSSR count). The number of nitrogens with one attached hydrogen (secondary N) is 1. The summed E-state index contributed by atoms with van der Waals surface area (Å²) >= 11 is 0. The summed E-state index contributed by atoms with van der Waals surface area (Å²) in [4.78, 5) is 48.2. The third-order valence-electron chi connectivity index (χ3n) is 6.47. The molecule has 11 nitrogen and oxygen atoms in total. The van der Waals surface area contributed by atoms with Crippen molar-refractivity contribution < 1.29 is 9.72 Å². The zero-order valence-corrected chi connectivity index (χ0v) is 20.6. The van der Waals surface area contributed by atoms with Crippen LogP contribution < -0.4 is 21.5 Å². The van der Waals surface area contributed by atoms with Gasteiger partial charge in [0.15, 0.2) is 0 Å². The zero-order valence-electron chi connectivity index (χ0n) is 20.6. The first-order chi connectivity index (χ1) is 18.3. The fourth-order valence-corrected chi connectivity index (χ4v) is 4.59. The Balaban J connectivity index is 1.53. The smallest absolute Gasteiger partial charge is 0.282 e. The van der Waals surface area contributed by atoms with Crippen LogP contribution in [0.25, 0.3) is 11.3 Å². The molecule has 4 aromatic rings. The number of anilines is 2. The fraction of sp³-hybridized carbons (Fsp3) is 0.185. The SMILES string of the molecule is Cn1c(NC[C@H](N)Cc2ccccc2)nc(-c2ccncc2)c(N2Cc3cccc([N+](=O)[O-])c3C2=O)c1=O. The average Bonchev–Trinajstić information content (AvgIpc) is 3.26. The molecule has 2 aromatic carbocycles. The number of pyridine rings is 1. The van der Waals surface area contributed by atoms with Gasteiger partial charge in [-0.25, -0.2) is 4.98 Å². The predicted molar refractivity (Wildman–Crippen MR) is 143 cm³/mol. The first-order valence-corrected chi connectivity index (χ1v) is 12.0. The van der Waals surface area contributed by atoms with Gasteiger partial charge in [0.05, 0.1) is 11.5 Å². The first-order valence-electron chi connectivity index (χ1n) is 12.0. The number of amides is 1. The van der Waals surface area contributed by atoms with E-state index in [0.717, 1.165) is 5.56 Å². The monoisotopic (exact) mass is 511 g/mol. The van der Waals surface area contributed by atoms with Gasteiger partial charge in [-0.15, -0.1) is 0 Å². The number of nitrogens with two attached hydrogens (primary N) is 1. The van der Waals surface area contributed by atoms with E-state index in [9.17, 15) is 19.7 Å². The molecule has 0 spiro atoms. The molecule has 192 valence electrons. The van der Waals surface area contributed by atoms with Gasteiger partial charge < -0.3 is 11.1 Å². The molecule has 0 fully saturated rings. The lowest BCUT2D eigenvalue weighted by Crippen LogP contribution is -2.36. The Bertz CT molecular complexity index is 1570. The van der Waals surface area contributed by atoms with Crippen molar-refractivity contribution in [3.05, 3.63) is 110 Å². The molecule has 1 amide bonds. The summed E-state index contributed by atoms with van der Waals surface area (Å²) in [5.41, 5.74) is 7.98. The number of nitro benzene ring substituents is 1. The molecule has 38 heavy (non-hydrogen) atoms. The molecule has 1 aliphatic rings. The van der Waals surface area contributed by atoms with E-state index in [2.05, 4.69) is 10.3 Å². The number of rotatable bonds is 8. The third-order valence-corrected chi connectivity index (χ3v) is 6.47. The van der Waals surface area contributed by atoms with E-state index in [1.165, 1.54) is 21.6 Å². The Morgan fingerprint density at radius 3 is 2.53 bits per heavy atom. The molecule has 0 saturated heterocycles. The highest BCUT2D eigenvalue weighted by molar-refractivity contribution is 6.13. The quantitative estimate of drug-likeness (QED) is 0.271. The molecule has 0 saturated carbocycles. The standard InChI is InChI=1S/C27H25N7O4/c1-32-26(36)24(33-16-19-8-5-9-21(34(37)38)22(19)25(33)35)23(18-10-12-29-13-11-18)31-27(32)30-15-20(28)14-17-6-3-2-4-7-17/h2-13,20H,14-16,28H2,1H3,(H,30,31)/t20-/m1/s1. The second-order valence-electron chi connectivity index (χ2n) is 9.02. The highest BCUT2D eigenvalue weighted by Crippen LogP contribution is 2.36. The van der Waals surface area contributed by atoms with E-state index in [1.807, 2.05) is 30.3 Å². The number of carbonyl (C=O) groups is 1. The summed E-state index contributed by atoms with van der Waals surface area (Å²) in [6.45, 7) is 0.365. The first kappa shape index (κ1) is 24.8. The van der Waals surface area contributed by atoms with Crippen molar-refractivity contribution in [1.29, 1.82) is 0 Å². The van der Waals surface area contributed by atoms with Crippen molar-refractivity contribution >= 4 is 23.2 Å². The van der Waals surface area contributed by atoms with Crippen molar-refractivity contribution in [2.24, 2.45) is 12.8 Å². The maximum absolute atomic E-state index is 13.7. The van der Waals surface area contributed by atoms with Crippen LogP contribution in [0.15, 0.2) is 77.9 Å². The summed E-state index contributed by atoms with van der Waals surface area (Å²) in [7, 11) is 1.55. The number of nitro groups is 1. The van der Waals surface area contributed by atoms with Crippen LogP contribution in [0.4, 0.5) is 17.3 Å². The van der Waals surface area contributed by atoms with Gasteiger partial charge >= 0.3 is 0 Å². The average molecular weight is 512 g/mol. The van der Waals surface area contributed by atoms with Gasteiger partial charge in [0.1, 0.15) is 16.9 Å². The second-order valence-corrected chi connectivity index (χ2v) is 9.02. The maximum atomic E-state index is 13.7. The molecule has 0 unspecified atom stereocenters. The van der Waals surface area contributed by atoms with E-state index >= 15 is 0 Å². The van der Waals surface area contributed by atoms with Crippen LogP contribution in [-0.4, -0.2) is 38.0 Å². The van der Waals surface area contributed by atoms with Crippen molar-refractivity contribution in [2.45, 2.75) is 19.0 Å². The molecule has 1 atom stereocenters. The van der Waals surface area contributed by atoms with E-state index in [0.29, 0.717) is 24.1 Å². The summed E-state index contributed by atoms with van der Waals surface area (Å²) in [6, 6.07) is 17.4. The minimum atomic E-state index is -0.618. The minimum Gasteiger partial charge on any atom is -0.354 e. The van der Waals surface area contributed by atoms with Crippen LogP contribution >= 0.6 is 0 Å². The van der Waals surface area contributed by atoms with E-state index in [4.69, 9.17) is 10.7 Å². The topological polar surface area (TPSA) is 149 Å². The molecule has 0 bridgehead atoms. The second kappa shape index (κ2) is 10.2. The van der Waals surface area contributed by atoms with Crippen LogP contribution in [0, 0.1) is 10.1 Å². The highest BCUT2D eigenvalue weighted by Gasteiger charge is 2.38. The Labute approximate surface area is 217 Å². The lowest BCUT2D eigenvalue weighted by molar-refractivity contribution is -0.385. The summed E-state index contributed by atoms with van der Waals surface area (Å²) in [6.07, 6.45) is 3.76. The van der Waals surface area contributed by atoms with E-state index in [1.54, 1.807) is 37.6 Å². The molecule has 11 heteroatoms. The Morgan fingerprint density at radius 1 is 1.08 bits per heavy atom. The molecule has 3 N–H and O–H groups in total. The summed E-state index contributed by atoms with van der Waals surface area (Å²) < 4.78 is 1.32. The van der Waals surface area contributed by atoms with Crippen LogP contribution in [0.5, 0.6) is 0 Å². The van der Waals surface area contributed by atoms with Crippen LogP contribution in [0.2, 0.25) is 0 Å². The molecule has 1 aliphatic heterocycles. The lowest BCUT2D eigenvalue weighted by atomic mass is 10.1. The molecular formula is C27H25N7O4. The van der Waals surface area contributed by atoms with Gasteiger partial charge in [-0.3, -0.25) is 34.2 Å². The zero-order chi connectivity index (χ0) is 26.8. The minimum absolute atomic E-state index is 0.0135. The van der Waals surface area contributed by atoms with Gasteiger partial charge in [-0.1, -0.05) is 42.5 Å². The molecule has 0 aliphatic carbocycles. The number of hydrogen-bond donors (Lipinski definition) is 2. The molecule has 3 heterocycles. The largest absolute Gasteiger partial charge is 0.354 e. The maximum Gasteiger partial charge on any atom is 0.282 e. The Hall–Kier alpha value is -4.90. The number of hydrogen-bond acceptors (Lipinski definition) is 8. The van der Waals surface area contributed by atoms with Crippen LogP contribution in [-0.2, 0) is 20.0 Å². The molecule has 0 radical (unpaired) electrons. The Morgan fingerprint density at radius 2 is 1.82 bits per heavy atom. The van der Waals surface area contributed by atoms with Crippen molar-refractivity contribution in [2.75, 3.05) is 16.8 Å². The van der Waals surface area contributed by atoms with Gasteiger partial charge in [0.25, 0.3) is 17.2 Å². The summed E-state index contributed by atoms with van der Waals surface area (Å²) in [5, 5.41) is 14.7. The summed E-state index contributed by atoms with van der Waals surface area (Å²) in [5.74, 6) is -0.337. The fourth-order valence-electron chi connectivity index (χ4n) is 4.59. The third kappa shape index (κ3) is 4.62. The van der Waals surface area contributed by atoms with Gasteiger partial charge in [-0.2, -0.15) is 0 Å². The molecular weight excluding hydrogens is 486 g/mol. The van der Waals surface area contributed by atoms with Crippen LogP contribution in [0.1, 0.15) is 21.5 Å². The van der Waals surface area contributed by atoms with Crippen molar-refractivity contribution in [1.82, 2.24) is 14.5 Å². The number of aromatic nitrogens is 3. The number of fused-ring (bicyclic) bond motifs is 1. The van der Waals surface area contributed by atoms with Crippen LogP contribution in [0.3, 0.4) is 0 Å². The lowest BCUT2D eigenvalue weighted by Gasteiger charge is -2.22. The van der Waals surface area contributed by atoms with Crippen molar-refractivity contribution in [3.8, 4) is 11.3 Å². The number of nitrogens with zero attached hydrogens (tertiary/aromatic N) is 5. The van der Waals surface area contributed by atoms with Gasteiger partial charge in [0, 0.05) is 43.7 Å². The highest BCUT2D eigenvalue weighted by atomic mass is 16.6. The van der Waals surface area contributed by atoms with Gasteiger partial charge in [0.2, 0.25) is 5.95 Å². The number of benzene rings is 2. The normalized spacial score (nSPS) is 13.3. The molecule has 2 aromatic heterocycles. The van der Waals surface area contributed by atoms with Crippen molar-refractivity contribution in [3.63, 3.8) is 0 Å². The predicted octanol–water partition coefficient (Wildman–Crippen LogP) is 2.89. The van der Waals surface area contributed by atoms with Gasteiger partial charge in [-0.05, 0) is 29.7 Å². The van der Waals surface area contributed by atoms with E-state index in [-0.39, 0.29) is 41.2 Å². The van der Waals surface area contributed by atoms with E-state index < -0.39 is 16.4 Å². The Kier molecular flexibility index (Phi) is 6.67. The number of carbonyl (C=O) groups excluding carboxylic acids is 1.